The van der Waals surface area contributed by atoms with Crippen molar-refractivity contribution in [2.75, 3.05) is 5.43 Å². The van der Waals surface area contributed by atoms with Gasteiger partial charge in [0.05, 0.1) is 16.0 Å². The lowest BCUT2D eigenvalue weighted by Gasteiger charge is -2.04. The zero-order valence-corrected chi connectivity index (χ0v) is 11.9. The van der Waals surface area contributed by atoms with Gasteiger partial charge in [-0.2, -0.15) is 5.10 Å². The smallest absolute Gasteiger partial charge is 0.272 e. The zero-order valence-electron chi connectivity index (χ0n) is 11.1. The number of aromatic nitrogens is 1. The maximum Gasteiger partial charge on any atom is 0.295 e. The van der Waals surface area contributed by atoms with Gasteiger partial charge >= 0.3 is 0 Å². The van der Waals surface area contributed by atoms with Crippen molar-refractivity contribution >= 4 is 27.6 Å². The van der Waals surface area contributed by atoms with E-state index in [1.54, 1.807) is 24.5 Å². The summed E-state index contributed by atoms with van der Waals surface area (Å²) in [5.41, 5.74) is 2.83. The summed E-state index contributed by atoms with van der Waals surface area (Å²) >= 11 is 0. The van der Waals surface area contributed by atoms with E-state index in [4.69, 9.17) is 5.14 Å². The summed E-state index contributed by atoms with van der Waals surface area (Å²) in [5.74, 6) is 0. The van der Waals surface area contributed by atoms with Crippen LogP contribution in [0.2, 0.25) is 0 Å². The molecule has 0 bridgehead atoms. The first-order chi connectivity index (χ1) is 10.4. The van der Waals surface area contributed by atoms with Crippen molar-refractivity contribution in [1.29, 1.82) is 0 Å². The van der Waals surface area contributed by atoms with Gasteiger partial charge in [-0.15, -0.1) is 0 Å². The van der Waals surface area contributed by atoms with E-state index in [0.29, 0.717) is 0 Å². The van der Waals surface area contributed by atoms with E-state index in [-0.39, 0.29) is 10.6 Å². The van der Waals surface area contributed by atoms with Crippen LogP contribution in [0, 0.1) is 10.1 Å². The quantitative estimate of drug-likeness (QED) is 0.479. The van der Waals surface area contributed by atoms with Crippen LogP contribution in [0.1, 0.15) is 5.56 Å². The molecule has 10 heteroatoms. The SMILES string of the molecule is NS(=O)(=O)c1ccc(N/N=C\c2ccncc2)c([N+](=O)[O-])c1. The van der Waals surface area contributed by atoms with Crippen LogP contribution in [0.15, 0.2) is 52.7 Å². The van der Waals surface area contributed by atoms with E-state index in [1.165, 1.54) is 12.3 Å². The molecule has 0 aliphatic rings. The standard InChI is InChI=1S/C12H11N5O4S/c13-22(20,21)10-1-2-11(12(7-10)17(18)19)16-15-8-9-3-5-14-6-4-9/h1-8,16H,(H2,13,20,21)/b15-8-. The van der Waals surface area contributed by atoms with Crippen LogP contribution in [0.25, 0.3) is 0 Å². The Bertz CT molecular complexity index is 821. The Hall–Kier alpha value is -2.85. The van der Waals surface area contributed by atoms with Gasteiger partial charge < -0.3 is 0 Å². The third-order valence-corrected chi connectivity index (χ3v) is 3.51. The molecule has 0 aliphatic carbocycles. The first-order valence-electron chi connectivity index (χ1n) is 5.88. The molecular formula is C12H11N5O4S. The second-order valence-corrected chi connectivity index (χ2v) is 5.69. The van der Waals surface area contributed by atoms with Crippen LogP contribution >= 0.6 is 0 Å². The number of nitro groups is 1. The van der Waals surface area contributed by atoms with Gasteiger partial charge in [0.25, 0.3) is 5.69 Å². The molecule has 9 nitrogen and oxygen atoms in total. The molecule has 0 aliphatic heterocycles. The van der Waals surface area contributed by atoms with Crippen molar-refractivity contribution in [2.45, 2.75) is 4.90 Å². The third-order valence-electron chi connectivity index (χ3n) is 2.60. The predicted molar refractivity (Wildman–Crippen MR) is 79.9 cm³/mol. The summed E-state index contributed by atoms with van der Waals surface area (Å²) in [6.45, 7) is 0. The molecule has 0 saturated carbocycles. The lowest BCUT2D eigenvalue weighted by atomic mass is 10.3. The van der Waals surface area contributed by atoms with Gasteiger partial charge in [-0.3, -0.25) is 20.5 Å². The van der Waals surface area contributed by atoms with Gasteiger partial charge in [0.1, 0.15) is 5.69 Å². The molecule has 1 heterocycles. The molecule has 1 aromatic heterocycles. The Morgan fingerprint density at radius 3 is 2.55 bits per heavy atom. The van der Waals surface area contributed by atoms with Crippen LogP contribution < -0.4 is 10.6 Å². The topological polar surface area (TPSA) is 141 Å². The first kappa shape index (κ1) is 15.5. The molecule has 0 atom stereocenters. The minimum Gasteiger partial charge on any atom is -0.272 e. The van der Waals surface area contributed by atoms with E-state index in [1.807, 2.05) is 0 Å². The highest BCUT2D eigenvalue weighted by Crippen LogP contribution is 2.27. The lowest BCUT2D eigenvalue weighted by Crippen LogP contribution is -2.12. The minimum absolute atomic E-state index is 0.0442. The van der Waals surface area contributed by atoms with Gasteiger partial charge in [0.2, 0.25) is 10.0 Å². The van der Waals surface area contributed by atoms with Crippen LogP contribution in [0.4, 0.5) is 11.4 Å². The Labute approximate surface area is 125 Å². The third kappa shape index (κ3) is 3.84. The number of primary sulfonamides is 1. The molecule has 2 aromatic rings. The average molecular weight is 321 g/mol. The second kappa shape index (κ2) is 6.28. The van der Waals surface area contributed by atoms with E-state index >= 15 is 0 Å². The largest absolute Gasteiger partial charge is 0.295 e. The Balaban J connectivity index is 2.28. The van der Waals surface area contributed by atoms with Crippen molar-refractivity contribution in [3.05, 3.63) is 58.4 Å². The number of pyridine rings is 1. The normalized spacial score (nSPS) is 11.5. The Kier molecular flexibility index (Phi) is 4.44. The van der Waals surface area contributed by atoms with Gasteiger partial charge in [-0.25, -0.2) is 13.6 Å². The van der Waals surface area contributed by atoms with Crippen molar-refractivity contribution in [1.82, 2.24) is 4.98 Å². The number of nitrogens with zero attached hydrogens (tertiary/aromatic N) is 3. The maximum atomic E-state index is 11.2. The highest BCUT2D eigenvalue weighted by atomic mass is 32.2. The van der Waals surface area contributed by atoms with Gasteiger partial charge in [-0.05, 0) is 29.8 Å². The number of sulfonamides is 1. The van der Waals surface area contributed by atoms with Crippen molar-refractivity contribution in [3.8, 4) is 0 Å². The Morgan fingerprint density at radius 2 is 1.95 bits per heavy atom. The number of nitro benzene ring substituents is 1. The maximum absolute atomic E-state index is 11.2. The summed E-state index contributed by atoms with van der Waals surface area (Å²) in [4.78, 5) is 13.8. The second-order valence-electron chi connectivity index (χ2n) is 4.13. The molecule has 0 fully saturated rings. The summed E-state index contributed by atoms with van der Waals surface area (Å²) in [5, 5.41) is 19.8. The molecule has 3 N–H and O–H groups in total. The number of hydrazone groups is 1. The molecule has 0 spiro atoms. The van der Waals surface area contributed by atoms with E-state index in [9.17, 15) is 18.5 Å². The summed E-state index contributed by atoms with van der Waals surface area (Å²) in [7, 11) is -4.02. The van der Waals surface area contributed by atoms with E-state index in [0.717, 1.165) is 17.7 Å². The molecular weight excluding hydrogens is 310 g/mol. The average Bonchev–Trinajstić information content (AvgIpc) is 2.47. The molecule has 22 heavy (non-hydrogen) atoms. The number of benzene rings is 1. The van der Waals surface area contributed by atoms with E-state index < -0.39 is 20.6 Å². The van der Waals surface area contributed by atoms with Gasteiger partial charge in [0, 0.05) is 18.5 Å². The summed E-state index contributed by atoms with van der Waals surface area (Å²) in [6, 6.07) is 6.65. The highest BCUT2D eigenvalue weighted by molar-refractivity contribution is 7.89. The summed E-state index contributed by atoms with van der Waals surface area (Å²) in [6.07, 6.45) is 4.59. The molecule has 0 radical (unpaired) electrons. The van der Waals surface area contributed by atoms with Gasteiger partial charge in [-0.1, -0.05) is 0 Å². The molecule has 0 unspecified atom stereocenters. The Morgan fingerprint density at radius 1 is 1.27 bits per heavy atom. The predicted octanol–water partition coefficient (Wildman–Crippen LogP) is 1.08. The number of anilines is 1. The first-order valence-corrected chi connectivity index (χ1v) is 7.43. The summed E-state index contributed by atoms with van der Waals surface area (Å²) < 4.78 is 22.4. The highest BCUT2D eigenvalue weighted by Gasteiger charge is 2.18. The number of hydrogen-bond acceptors (Lipinski definition) is 7. The van der Waals surface area contributed by atoms with Crippen molar-refractivity contribution < 1.29 is 13.3 Å². The molecule has 0 amide bonds. The van der Waals surface area contributed by atoms with Crippen LogP contribution in [-0.4, -0.2) is 24.5 Å². The van der Waals surface area contributed by atoms with Gasteiger partial charge in [0.15, 0.2) is 0 Å². The molecule has 0 saturated heterocycles. The van der Waals surface area contributed by atoms with Crippen molar-refractivity contribution in [3.63, 3.8) is 0 Å². The number of nitrogens with two attached hydrogens (primary N) is 1. The monoisotopic (exact) mass is 321 g/mol. The fourth-order valence-electron chi connectivity index (χ4n) is 1.56. The van der Waals surface area contributed by atoms with Crippen LogP contribution in [0.5, 0.6) is 0 Å². The minimum atomic E-state index is -4.02. The van der Waals surface area contributed by atoms with E-state index in [2.05, 4.69) is 15.5 Å². The number of rotatable bonds is 5. The molecule has 2 rings (SSSR count). The molecule has 114 valence electrons. The van der Waals surface area contributed by atoms with Crippen LogP contribution in [-0.2, 0) is 10.0 Å². The number of hydrogen-bond donors (Lipinski definition) is 2. The molecule has 1 aromatic carbocycles. The zero-order chi connectivity index (χ0) is 16.2. The fourth-order valence-corrected chi connectivity index (χ4v) is 2.09. The number of nitrogens with one attached hydrogen (secondary N) is 1. The van der Waals surface area contributed by atoms with Crippen LogP contribution in [0.3, 0.4) is 0 Å². The lowest BCUT2D eigenvalue weighted by molar-refractivity contribution is -0.384. The van der Waals surface area contributed by atoms with Crippen molar-refractivity contribution in [2.24, 2.45) is 10.2 Å². The fraction of sp³-hybridized carbons (Fsp3) is 0.